The number of carbonyl (C=O) groups excluding carboxylic acids is 6. The van der Waals surface area contributed by atoms with Crippen LogP contribution in [-0.2, 0) is 86.5 Å². The lowest BCUT2D eigenvalue weighted by Crippen LogP contribution is -2.62. The highest BCUT2D eigenvalue weighted by Crippen LogP contribution is 2.30. The minimum atomic E-state index is -1.49. The van der Waals surface area contributed by atoms with E-state index in [1.165, 1.54) is 7.11 Å². The Morgan fingerprint density at radius 1 is 0.493 bits per heavy atom. The van der Waals surface area contributed by atoms with Crippen molar-refractivity contribution in [2.75, 3.05) is 53.2 Å². The maximum Gasteiger partial charge on any atom is 0.306 e. The molecule has 0 saturated carbocycles. The van der Waals surface area contributed by atoms with Crippen LogP contribution in [0.3, 0.4) is 0 Å². The molecule has 3 aromatic carbocycles. The molecule has 0 unspecified atom stereocenters. The molecule has 3 aromatic rings. The lowest BCUT2D eigenvalue weighted by atomic mass is 9.98. The van der Waals surface area contributed by atoms with Crippen molar-refractivity contribution in [1.29, 1.82) is 0 Å². The van der Waals surface area contributed by atoms with Crippen LogP contribution in [0.5, 0.6) is 0 Å². The fourth-order valence-corrected chi connectivity index (χ4v) is 6.68. The Kier molecular flexibility index (Phi) is 25.7. The van der Waals surface area contributed by atoms with Gasteiger partial charge in [-0.3, -0.25) is 28.8 Å². The van der Waals surface area contributed by atoms with Gasteiger partial charge in [0, 0.05) is 65.3 Å². The summed E-state index contributed by atoms with van der Waals surface area (Å²) in [5.41, 5.74) is 2.96. The van der Waals surface area contributed by atoms with Crippen LogP contribution < -0.4 is 16.0 Å². The molecule has 0 spiro atoms. The van der Waals surface area contributed by atoms with Gasteiger partial charge in [0.15, 0.2) is 24.6 Å². The summed E-state index contributed by atoms with van der Waals surface area (Å²) < 4.78 is 45.4. The number of amides is 3. The zero-order valence-electron chi connectivity index (χ0n) is 38.1. The topological polar surface area (TPSA) is 233 Å². The Morgan fingerprint density at radius 3 is 1.18 bits per heavy atom. The molecule has 5 atom stereocenters. The summed E-state index contributed by atoms with van der Waals surface area (Å²) in [6, 6.07) is 28.7. The van der Waals surface area contributed by atoms with E-state index in [-0.39, 0.29) is 115 Å². The summed E-state index contributed by atoms with van der Waals surface area (Å²) in [6.45, 7) is 1.52. The third-order valence-electron chi connectivity index (χ3n) is 10.2. The Balaban J connectivity index is 1.27. The number of aliphatic hydroxyl groups is 1. The van der Waals surface area contributed by atoms with Crippen LogP contribution in [0.25, 0.3) is 0 Å². The number of carbonyl (C=O) groups is 6. The predicted molar refractivity (Wildman–Crippen MR) is 241 cm³/mol. The van der Waals surface area contributed by atoms with Gasteiger partial charge < -0.3 is 59.0 Å². The quantitative estimate of drug-likeness (QED) is 0.0398. The molecule has 0 bridgehead atoms. The molecule has 1 aliphatic heterocycles. The first-order valence-electron chi connectivity index (χ1n) is 22.7. The minimum Gasteiger partial charge on any atom is -0.455 e. The average molecular weight is 936 g/mol. The summed E-state index contributed by atoms with van der Waals surface area (Å²) in [6.07, 6.45) is -6.55. The monoisotopic (exact) mass is 935 g/mol. The largest absolute Gasteiger partial charge is 0.455 e. The molecular weight excluding hydrogens is 871 g/mol. The number of rotatable bonds is 32. The number of esters is 3. The standard InChI is InChI=1S/C49H65N3O15/c1-60-49-48(67-45(59)22-13-28-52-42(56)25-31-63-35-38-18-9-4-10-19-38)47(66-44(58)21-12-27-51-41(55)24-30-62-34-37-16-7-3-8-17-37)46(39(32-53)64-49)65-43(57)20-11-26-50-40(54)23-29-61-33-36-14-5-2-6-15-36/h2-10,14-19,39,46-49,53H,11-13,20-35H2,1H3,(H,50,54)(H,51,55)(H,52,56)/t39-,46-,47+,48+,49+/m1/s1. The predicted octanol–water partition coefficient (Wildman–Crippen LogP) is 3.60. The van der Waals surface area contributed by atoms with Gasteiger partial charge in [-0.15, -0.1) is 0 Å². The van der Waals surface area contributed by atoms with Crippen molar-refractivity contribution in [3.8, 4) is 0 Å². The van der Waals surface area contributed by atoms with Crippen molar-refractivity contribution in [1.82, 2.24) is 16.0 Å². The SMILES string of the molecule is CO[C@H]1O[C@H](CO)[C@@H](OC(=O)CCCNC(=O)CCOCc2ccccc2)[C@H](OC(=O)CCCNC(=O)CCOCc2ccccc2)[C@@H]1OC(=O)CCCNC(=O)CCOCc1ccccc1. The minimum absolute atomic E-state index is 0.118. The van der Waals surface area contributed by atoms with E-state index < -0.39 is 55.2 Å². The van der Waals surface area contributed by atoms with E-state index >= 15 is 0 Å². The second-order valence-corrected chi connectivity index (χ2v) is 15.5. The Hall–Kier alpha value is -5.76. The summed E-state index contributed by atoms with van der Waals surface area (Å²) in [4.78, 5) is 76.9. The molecule has 4 rings (SSSR count). The lowest BCUT2D eigenvalue weighted by molar-refractivity contribution is -0.302. The molecule has 366 valence electrons. The number of benzene rings is 3. The molecule has 0 aliphatic carbocycles. The van der Waals surface area contributed by atoms with Crippen molar-refractivity contribution in [2.24, 2.45) is 0 Å². The number of aliphatic hydroxyl groups excluding tert-OH is 1. The Labute approximate surface area is 391 Å². The summed E-state index contributed by atoms with van der Waals surface area (Å²) >= 11 is 0. The van der Waals surface area contributed by atoms with Crippen molar-refractivity contribution < 1.29 is 71.8 Å². The molecule has 3 amide bonds. The van der Waals surface area contributed by atoms with Gasteiger partial charge in [-0.05, 0) is 36.0 Å². The second kappa shape index (κ2) is 32.0. The van der Waals surface area contributed by atoms with Crippen molar-refractivity contribution >= 4 is 35.6 Å². The van der Waals surface area contributed by atoms with Gasteiger partial charge in [-0.2, -0.15) is 0 Å². The van der Waals surface area contributed by atoms with Gasteiger partial charge in [0.2, 0.25) is 17.7 Å². The van der Waals surface area contributed by atoms with Crippen molar-refractivity contribution in [3.63, 3.8) is 0 Å². The maximum atomic E-state index is 13.4. The van der Waals surface area contributed by atoms with Crippen LogP contribution in [0.2, 0.25) is 0 Å². The van der Waals surface area contributed by atoms with Crippen molar-refractivity contribution in [3.05, 3.63) is 108 Å². The van der Waals surface area contributed by atoms with E-state index in [4.69, 9.17) is 37.9 Å². The van der Waals surface area contributed by atoms with Crippen LogP contribution in [0.4, 0.5) is 0 Å². The molecule has 1 heterocycles. The highest BCUT2D eigenvalue weighted by Gasteiger charge is 2.52. The first-order chi connectivity index (χ1) is 32.6. The van der Waals surface area contributed by atoms with Crippen LogP contribution >= 0.6 is 0 Å². The smallest absolute Gasteiger partial charge is 0.306 e. The molecular formula is C49H65N3O15. The average Bonchev–Trinajstić information content (AvgIpc) is 3.34. The Bertz CT molecular complexity index is 1810. The molecule has 1 saturated heterocycles. The fraction of sp³-hybridized carbons (Fsp3) is 0.510. The first-order valence-corrected chi connectivity index (χ1v) is 22.7. The van der Waals surface area contributed by atoms with E-state index in [9.17, 15) is 33.9 Å². The number of hydrogen-bond acceptors (Lipinski definition) is 15. The van der Waals surface area contributed by atoms with Crippen LogP contribution in [-0.4, -0.2) is 125 Å². The summed E-state index contributed by atoms with van der Waals surface area (Å²) in [5.74, 6) is -3.06. The number of ether oxygens (including phenoxy) is 8. The van der Waals surface area contributed by atoms with Crippen LogP contribution in [0, 0.1) is 0 Å². The number of hydrogen-bond donors (Lipinski definition) is 4. The zero-order valence-corrected chi connectivity index (χ0v) is 38.1. The molecule has 0 aromatic heterocycles. The van der Waals surface area contributed by atoms with Gasteiger partial charge in [-0.25, -0.2) is 0 Å². The molecule has 67 heavy (non-hydrogen) atoms. The van der Waals surface area contributed by atoms with E-state index in [1.807, 2.05) is 91.0 Å². The van der Waals surface area contributed by atoms with Gasteiger partial charge in [0.25, 0.3) is 0 Å². The van der Waals surface area contributed by atoms with E-state index in [0.29, 0.717) is 19.8 Å². The van der Waals surface area contributed by atoms with Gasteiger partial charge in [0.05, 0.1) is 46.2 Å². The summed E-state index contributed by atoms with van der Waals surface area (Å²) in [5, 5.41) is 18.5. The van der Waals surface area contributed by atoms with Gasteiger partial charge in [-0.1, -0.05) is 91.0 Å². The fourth-order valence-electron chi connectivity index (χ4n) is 6.68. The molecule has 18 heteroatoms. The van der Waals surface area contributed by atoms with E-state index in [0.717, 1.165) is 16.7 Å². The third kappa shape index (κ3) is 22.1. The molecule has 0 radical (unpaired) electrons. The first kappa shape index (κ1) is 53.9. The zero-order chi connectivity index (χ0) is 47.9. The van der Waals surface area contributed by atoms with Gasteiger partial charge in [0.1, 0.15) is 6.10 Å². The van der Waals surface area contributed by atoms with E-state index in [1.54, 1.807) is 0 Å². The molecule has 18 nitrogen and oxygen atoms in total. The highest BCUT2D eigenvalue weighted by molar-refractivity contribution is 5.77. The molecule has 4 N–H and O–H groups in total. The lowest BCUT2D eigenvalue weighted by Gasteiger charge is -2.43. The Morgan fingerprint density at radius 2 is 0.836 bits per heavy atom. The van der Waals surface area contributed by atoms with Crippen molar-refractivity contribution in [2.45, 2.75) is 108 Å². The summed E-state index contributed by atoms with van der Waals surface area (Å²) in [7, 11) is 1.27. The van der Waals surface area contributed by atoms with Gasteiger partial charge >= 0.3 is 17.9 Å². The molecule has 1 aliphatic rings. The normalized spacial score (nSPS) is 17.7. The second-order valence-electron chi connectivity index (χ2n) is 15.5. The van der Waals surface area contributed by atoms with Crippen LogP contribution in [0.1, 0.15) is 74.5 Å². The van der Waals surface area contributed by atoms with E-state index in [2.05, 4.69) is 16.0 Å². The third-order valence-corrected chi connectivity index (χ3v) is 10.2. The highest BCUT2D eigenvalue weighted by atomic mass is 16.7. The number of methoxy groups -OCH3 is 1. The maximum absolute atomic E-state index is 13.4. The molecule has 1 fully saturated rings. The van der Waals surface area contributed by atoms with Crippen LogP contribution in [0.15, 0.2) is 91.0 Å². The number of nitrogens with one attached hydrogen (secondary N) is 3.